The molecule has 1 aliphatic heterocycles. The first kappa shape index (κ1) is 17.4. The zero-order valence-corrected chi connectivity index (χ0v) is 15.9. The monoisotopic (exact) mass is 372 g/mol. The van der Waals surface area contributed by atoms with Gasteiger partial charge in [-0.3, -0.25) is 14.4 Å². The second-order valence-corrected chi connectivity index (χ2v) is 7.85. The summed E-state index contributed by atoms with van der Waals surface area (Å²) in [7, 11) is 0. The first-order valence-electron chi connectivity index (χ1n) is 9.33. The van der Waals surface area contributed by atoms with Gasteiger partial charge in [-0.25, -0.2) is 4.98 Å². The molecule has 0 saturated carbocycles. The van der Waals surface area contributed by atoms with E-state index >= 15 is 0 Å². The third-order valence-electron chi connectivity index (χ3n) is 5.01. The minimum absolute atomic E-state index is 0.0777. The molecule has 26 heavy (non-hydrogen) atoms. The van der Waals surface area contributed by atoms with Gasteiger partial charge in [0.05, 0.1) is 5.69 Å². The molecule has 1 aliphatic rings. The van der Waals surface area contributed by atoms with Crippen LogP contribution >= 0.6 is 11.3 Å². The molecular formula is C18H24N6OS. The van der Waals surface area contributed by atoms with Crippen LogP contribution in [0.3, 0.4) is 0 Å². The Balaban J connectivity index is 1.50. The second kappa shape index (κ2) is 7.67. The molecule has 0 N–H and O–H groups in total. The highest BCUT2D eigenvalue weighted by atomic mass is 32.1. The number of likely N-dealkylation sites (tertiary alicyclic amines) is 1. The standard InChI is InChI=1S/C18H24N6OS/c1-2-16-21-24-17(25)12-14(20-18(24)26-16)13-22-9-4-3-6-15(22)7-11-23-10-5-8-19-23/h5,8,10,12,15H,2-4,6-7,9,11,13H2,1H3/t15-/m0/s1. The lowest BCUT2D eigenvalue weighted by Gasteiger charge is -2.35. The van der Waals surface area contributed by atoms with Crippen LogP contribution in [0.15, 0.2) is 29.3 Å². The Hall–Kier alpha value is -2.06. The number of fused-ring (bicyclic) bond motifs is 1. The molecule has 1 saturated heterocycles. The van der Waals surface area contributed by atoms with Gasteiger partial charge in [0.2, 0.25) is 4.96 Å². The van der Waals surface area contributed by atoms with Crippen LogP contribution in [0.5, 0.6) is 0 Å². The summed E-state index contributed by atoms with van der Waals surface area (Å²) in [6.07, 6.45) is 9.41. The van der Waals surface area contributed by atoms with Crippen LogP contribution in [0.25, 0.3) is 4.96 Å². The van der Waals surface area contributed by atoms with Crippen LogP contribution in [0.2, 0.25) is 0 Å². The van der Waals surface area contributed by atoms with Crippen molar-refractivity contribution in [1.82, 2.24) is 29.3 Å². The lowest BCUT2D eigenvalue weighted by molar-refractivity contribution is 0.126. The van der Waals surface area contributed by atoms with Crippen molar-refractivity contribution in [3.05, 3.63) is 45.6 Å². The lowest BCUT2D eigenvalue weighted by Crippen LogP contribution is -2.40. The quantitative estimate of drug-likeness (QED) is 0.664. The van der Waals surface area contributed by atoms with Crippen molar-refractivity contribution in [1.29, 1.82) is 0 Å². The molecule has 8 heteroatoms. The number of aromatic nitrogens is 5. The summed E-state index contributed by atoms with van der Waals surface area (Å²) in [5.41, 5.74) is 0.776. The van der Waals surface area contributed by atoms with Crippen molar-refractivity contribution >= 4 is 16.3 Å². The number of hydrogen-bond acceptors (Lipinski definition) is 6. The molecule has 138 valence electrons. The van der Waals surface area contributed by atoms with E-state index in [4.69, 9.17) is 4.98 Å². The van der Waals surface area contributed by atoms with E-state index < -0.39 is 0 Å². The molecule has 4 rings (SSSR count). The fourth-order valence-electron chi connectivity index (χ4n) is 3.64. The van der Waals surface area contributed by atoms with E-state index in [0.717, 1.165) is 43.2 Å². The normalized spacial score (nSPS) is 18.6. The second-order valence-electron chi connectivity index (χ2n) is 6.81. The molecule has 7 nitrogen and oxygen atoms in total. The van der Waals surface area contributed by atoms with Crippen LogP contribution in [-0.2, 0) is 19.5 Å². The number of hydrogen-bond donors (Lipinski definition) is 0. The molecule has 0 bridgehead atoms. The van der Waals surface area contributed by atoms with Gasteiger partial charge in [0.1, 0.15) is 5.01 Å². The highest BCUT2D eigenvalue weighted by Gasteiger charge is 2.23. The van der Waals surface area contributed by atoms with Crippen molar-refractivity contribution in [2.75, 3.05) is 6.54 Å². The molecule has 3 aromatic heterocycles. The molecule has 4 heterocycles. The van der Waals surface area contributed by atoms with Gasteiger partial charge in [-0.05, 0) is 38.3 Å². The molecule has 0 radical (unpaired) electrons. The van der Waals surface area contributed by atoms with Gasteiger partial charge >= 0.3 is 0 Å². The summed E-state index contributed by atoms with van der Waals surface area (Å²) in [4.78, 5) is 20.3. The molecule has 0 unspecified atom stereocenters. The van der Waals surface area contributed by atoms with Crippen molar-refractivity contribution in [2.45, 2.75) is 58.2 Å². The van der Waals surface area contributed by atoms with Crippen LogP contribution in [0, 0.1) is 0 Å². The number of nitrogens with zero attached hydrogens (tertiary/aromatic N) is 6. The van der Waals surface area contributed by atoms with Crippen LogP contribution in [0.4, 0.5) is 0 Å². The van der Waals surface area contributed by atoms with E-state index in [2.05, 4.69) is 15.1 Å². The maximum atomic E-state index is 12.4. The van der Waals surface area contributed by atoms with Crippen molar-refractivity contribution in [3.63, 3.8) is 0 Å². The highest BCUT2D eigenvalue weighted by molar-refractivity contribution is 7.16. The van der Waals surface area contributed by atoms with E-state index in [0.29, 0.717) is 11.0 Å². The van der Waals surface area contributed by atoms with Gasteiger partial charge in [-0.1, -0.05) is 24.7 Å². The third-order valence-corrected chi connectivity index (χ3v) is 6.06. The Labute approximate surface area is 156 Å². The largest absolute Gasteiger partial charge is 0.294 e. The molecule has 0 aliphatic carbocycles. The zero-order chi connectivity index (χ0) is 17.9. The SMILES string of the molecule is CCc1nn2c(=O)cc(CN3CCCC[C@H]3CCn3cccn3)nc2s1. The Morgan fingerprint density at radius 2 is 2.27 bits per heavy atom. The summed E-state index contributed by atoms with van der Waals surface area (Å²) in [6, 6.07) is 4.12. The average Bonchev–Trinajstić information content (AvgIpc) is 3.30. The number of piperidine rings is 1. The van der Waals surface area contributed by atoms with Gasteiger partial charge in [0, 0.05) is 37.6 Å². The molecular weight excluding hydrogens is 348 g/mol. The Bertz CT molecular complexity index is 916. The Morgan fingerprint density at radius 3 is 3.08 bits per heavy atom. The molecule has 0 aromatic carbocycles. The molecule has 0 amide bonds. The van der Waals surface area contributed by atoms with Crippen molar-refractivity contribution in [2.24, 2.45) is 0 Å². The third kappa shape index (κ3) is 3.71. The summed E-state index contributed by atoms with van der Waals surface area (Å²) >= 11 is 1.51. The fourth-order valence-corrected chi connectivity index (χ4v) is 4.49. The minimum Gasteiger partial charge on any atom is -0.294 e. The maximum absolute atomic E-state index is 12.4. The van der Waals surface area contributed by atoms with E-state index in [9.17, 15) is 4.79 Å². The topological polar surface area (TPSA) is 68.3 Å². The molecule has 1 fully saturated rings. The van der Waals surface area contributed by atoms with E-state index in [1.807, 2.05) is 30.1 Å². The predicted octanol–water partition coefficient (Wildman–Crippen LogP) is 2.35. The van der Waals surface area contributed by atoms with E-state index in [1.165, 1.54) is 35.1 Å². The van der Waals surface area contributed by atoms with E-state index in [-0.39, 0.29) is 5.56 Å². The number of aryl methyl sites for hydroxylation is 2. The van der Waals surface area contributed by atoms with Gasteiger partial charge in [0.25, 0.3) is 5.56 Å². The van der Waals surface area contributed by atoms with Gasteiger partial charge < -0.3 is 0 Å². The first-order valence-corrected chi connectivity index (χ1v) is 10.1. The predicted molar refractivity (Wildman–Crippen MR) is 101 cm³/mol. The average molecular weight is 372 g/mol. The Kier molecular flexibility index (Phi) is 5.12. The zero-order valence-electron chi connectivity index (χ0n) is 15.0. The highest BCUT2D eigenvalue weighted by Crippen LogP contribution is 2.22. The smallest absolute Gasteiger partial charge is 0.275 e. The van der Waals surface area contributed by atoms with Crippen LogP contribution in [0.1, 0.15) is 43.3 Å². The fraction of sp³-hybridized carbons (Fsp3) is 0.556. The minimum atomic E-state index is -0.0777. The van der Waals surface area contributed by atoms with Gasteiger partial charge in [-0.15, -0.1) is 0 Å². The summed E-state index contributed by atoms with van der Waals surface area (Å²) in [5.74, 6) is 0. The van der Waals surface area contributed by atoms with Gasteiger partial charge in [-0.2, -0.15) is 14.7 Å². The van der Waals surface area contributed by atoms with Crippen LogP contribution < -0.4 is 5.56 Å². The lowest BCUT2D eigenvalue weighted by atomic mass is 9.99. The molecule has 0 spiro atoms. The van der Waals surface area contributed by atoms with Crippen LogP contribution in [-0.4, -0.2) is 41.9 Å². The van der Waals surface area contributed by atoms with Crippen molar-refractivity contribution in [3.8, 4) is 0 Å². The first-order chi connectivity index (χ1) is 12.7. The number of rotatable bonds is 6. The molecule has 3 aromatic rings. The molecule has 1 atom stereocenters. The van der Waals surface area contributed by atoms with Gasteiger partial charge in [0.15, 0.2) is 0 Å². The maximum Gasteiger partial charge on any atom is 0.275 e. The summed E-state index contributed by atoms with van der Waals surface area (Å²) < 4.78 is 3.42. The Morgan fingerprint density at radius 1 is 1.35 bits per heavy atom. The summed E-state index contributed by atoms with van der Waals surface area (Å²) in [5, 5.41) is 9.58. The summed E-state index contributed by atoms with van der Waals surface area (Å²) in [6.45, 7) is 4.77. The van der Waals surface area contributed by atoms with E-state index in [1.54, 1.807) is 6.07 Å². The van der Waals surface area contributed by atoms with Crippen molar-refractivity contribution < 1.29 is 0 Å².